The van der Waals surface area contributed by atoms with Gasteiger partial charge in [-0.2, -0.15) is 5.10 Å². The van der Waals surface area contributed by atoms with Crippen LogP contribution < -0.4 is 10.7 Å². The maximum atomic E-state index is 11.8. The monoisotopic (exact) mass is 268 g/mol. The Bertz CT molecular complexity index is 434. The number of carbonyl (C=O) groups is 3. The van der Waals surface area contributed by atoms with E-state index in [1.807, 2.05) is 0 Å². The summed E-state index contributed by atoms with van der Waals surface area (Å²) in [5.74, 6) is -0.572. The number of nitrogens with one attached hydrogen (secondary N) is 2. The van der Waals surface area contributed by atoms with Crippen LogP contribution in [0.15, 0.2) is 5.10 Å². The molecule has 1 unspecified atom stereocenters. The van der Waals surface area contributed by atoms with Gasteiger partial charge in [0.1, 0.15) is 12.3 Å². The molecule has 0 aromatic carbocycles. The van der Waals surface area contributed by atoms with Crippen LogP contribution in [0.4, 0.5) is 0 Å². The van der Waals surface area contributed by atoms with E-state index in [2.05, 4.69) is 15.8 Å². The van der Waals surface area contributed by atoms with Gasteiger partial charge in [-0.25, -0.2) is 5.43 Å². The third-order valence-corrected chi connectivity index (χ3v) is 3.00. The molecule has 0 spiro atoms. The Balaban J connectivity index is 1.78. The van der Waals surface area contributed by atoms with E-state index in [4.69, 9.17) is 4.74 Å². The zero-order valence-electron chi connectivity index (χ0n) is 10.6. The van der Waals surface area contributed by atoms with Crippen LogP contribution in [-0.4, -0.2) is 61.2 Å². The van der Waals surface area contributed by atoms with Gasteiger partial charge >= 0.3 is 0 Å². The van der Waals surface area contributed by atoms with Gasteiger partial charge in [0.2, 0.25) is 11.8 Å². The summed E-state index contributed by atoms with van der Waals surface area (Å²) in [4.78, 5) is 35.4. The molecule has 0 aliphatic carbocycles. The standard InChI is InChI=1S/C11H16N4O4/c1-15-5-7(19-6-10(15)17)4-12-11(18)8-2-3-9(16)14-13-8/h7H,2-6H2,1H3,(H,12,18)(H,14,16). The van der Waals surface area contributed by atoms with Crippen molar-refractivity contribution < 1.29 is 19.1 Å². The molecule has 8 heteroatoms. The molecule has 2 heterocycles. The Labute approximate surface area is 110 Å². The van der Waals surface area contributed by atoms with E-state index < -0.39 is 0 Å². The molecule has 1 fully saturated rings. The smallest absolute Gasteiger partial charge is 0.267 e. The highest BCUT2D eigenvalue weighted by Gasteiger charge is 2.25. The van der Waals surface area contributed by atoms with Gasteiger partial charge in [-0.15, -0.1) is 0 Å². The highest BCUT2D eigenvalue weighted by molar-refractivity contribution is 6.39. The van der Waals surface area contributed by atoms with Crippen LogP contribution >= 0.6 is 0 Å². The second-order valence-electron chi connectivity index (χ2n) is 4.51. The van der Waals surface area contributed by atoms with Gasteiger partial charge in [0, 0.05) is 33.0 Å². The third-order valence-electron chi connectivity index (χ3n) is 3.00. The Morgan fingerprint density at radius 2 is 2.32 bits per heavy atom. The largest absolute Gasteiger partial charge is 0.365 e. The van der Waals surface area contributed by atoms with Crippen LogP contribution in [0.5, 0.6) is 0 Å². The number of hydrogen-bond acceptors (Lipinski definition) is 5. The molecule has 2 N–H and O–H groups in total. The van der Waals surface area contributed by atoms with Gasteiger partial charge in [-0.05, 0) is 0 Å². The highest BCUT2D eigenvalue weighted by atomic mass is 16.5. The van der Waals surface area contributed by atoms with Crippen LogP contribution in [0.2, 0.25) is 0 Å². The molecule has 0 radical (unpaired) electrons. The summed E-state index contributed by atoms with van der Waals surface area (Å²) >= 11 is 0. The molecule has 104 valence electrons. The fourth-order valence-electron chi connectivity index (χ4n) is 1.83. The van der Waals surface area contributed by atoms with Gasteiger partial charge in [0.05, 0.1) is 6.10 Å². The van der Waals surface area contributed by atoms with E-state index in [0.717, 1.165) is 0 Å². The minimum absolute atomic E-state index is 0.0358. The van der Waals surface area contributed by atoms with Crippen molar-refractivity contribution in [3.63, 3.8) is 0 Å². The molecule has 2 aliphatic heterocycles. The number of carbonyl (C=O) groups excluding carboxylic acids is 3. The Morgan fingerprint density at radius 3 is 2.95 bits per heavy atom. The summed E-state index contributed by atoms with van der Waals surface area (Å²) in [6.45, 7) is 0.791. The number of likely N-dealkylation sites (N-methyl/N-ethyl adjacent to an activating group) is 1. The van der Waals surface area contributed by atoms with Crippen molar-refractivity contribution in [2.24, 2.45) is 5.10 Å². The molecule has 2 aliphatic rings. The predicted octanol–water partition coefficient (Wildman–Crippen LogP) is -1.77. The molecule has 19 heavy (non-hydrogen) atoms. The molecule has 3 amide bonds. The minimum Gasteiger partial charge on any atom is -0.365 e. The van der Waals surface area contributed by atoms with Crippen molar-refractivity contribution in [1.82, 2.24) is 15.6 Å². The summed E-state index contributed by atoms with van der Waals surface area (Å²) in [7, 11) is 1.69. The number of hydrogen-bond donors (Lipinski definition) is 2. The minimum atomic E-state index is -0.317. The van der Waals surface area contributed by atoms with Crippen molar-refractivity contribution in [2.75, 3.05) is 26.7 Å². The fraction of sp³-hybridized carbons (Fsp3) is 0.636. The topological polar surface area (TPSA) is 100 Å². The van der Waals surface area contributed by atoms with E-state index in [9.17, 15) is 14.4 Å². The molecule has 0 aromatic rings. The van der Waals surface area contributed by atoms with Crippen molar-refractivity contribution in [2.45, 2.75) is 18.9 Å². The summed E-state index contributed by atoms with van der Waals surface area (Å²) in [5, 5.41) is 6.39. The molecule has 2 rings (SSSR count). The van der Waals surface area contributed by atoms with Crippen LogP contribution in [0.3, 0.4) is 0 Å². The van der Waals surface area contributed by atoms with E-state index in [0.29, 0.717) is 25.2 Å². The van der Waals surface area contributed by atoms with Crippen LogP contribution in [0, 0.1) is 0 Å². The number of rotatable bonds is 3. The first-order valence-corrected chi connectivity index (χ1v) is 6.05. The quantitative estimate of drug-likeness (QED) is 0.632. The van der Waals surface area contributed by atoms with Gasteiger partial charge < -0.3 is 15.0 Å². The SMILES string of the molecule is CN1CC(CNC(=O)C2=NNC(=O)CC2)OCC1=O. The van der Waals surface area contributed by atoms with Crippen molar-refractivity contribution >= 4 is 23.4 Å². The maximum Gasteiger partial charge on any atom is 0.267 e. The molecule has 1 atom stereocenters. The number of nitrogens with zero attached hydrogens (tertiary/aromatic N) is 2. The lowest BCUT2D eigenvalue weighted by molar-refractivity contribution is -0.146. The summed E-state index contributed by atoms with van der Waals surface area (Å²) < 4.78 is 5.30. The number of morpholine rings is 1. The van der Waals surface area contributed by atoms with Gasteiger partial charge in [-0.1, -0.05) is 0 Å². The van der Waals surface area contributed by atoms with Crippen molar-refractivity contribution in [1.29, 1.82) is 0 Å². The number of hydrazone groups is 1. The van der Waals surface area contributed by atoms with E-state index in [1.54, 1.807) is 11.9 Å². The molecule has 1 saturated heterocycles. The fourth-order valence-corrected chi connectivity index (χ4v) is 1.83. The molecular formula is C11H16N4O4. The zero-order chi connectivity index (χ0) is 13.8. The van der Waals surface area contributed by atoms with Gasteiger partial charge in [0.25, 0.3) is 5.91 Å². The van der Waals surface area contributed by atoms with Crippen molar-refractivity contribution in [3.05, 3.63) is 0 Å². The summed E-state index contributed by atoms with van der Waals surface area (Å²) in [6.07, 6.45) is 0.385. The molecular weight excluding hydrogens is 252 g/mol. The third kappa shape index (κ3) is 3.50. The molecule has 0 saturated carbocycles. The Kier molecular flexibility index (Phi) is 4.10. The lowest BCUT2D eigenvalue weighted by Gasteiger charge is -2.30. The van der Waals surface area contributed by atoms with Crippen LogP contribution in [0.1, 0.15) is 12.8 Å². The average Bonchev–Trinajstić information content (AvgIpc) is 2.40. The predicted molar refractivity (Wildman–Crippen MR) is 65.2 cm³/mol. The first-order valence-electron chi connectivity index (χ1n) is 6.05. The average molecular weight is 268 g/mol. The van der Waals surface area contributed by atoms with Crippen molar-refractivity contribution in [3.8, 4) is 0 Å². The van der Waals surface area contributed by atoms with E-state index in [1.165, 1.54) is 0 Å². The first kappa shape index (κ1) is 13.5. The zero-order valence-corrected chi connectivity index (χ0v) is 10.6. The van der Waals surface area contributed by atoms with Gasteiger partial charge in [-0.3, -0.25) is 14.4 Å². The summed E-state index contributed by atoms with van der Waals surface area (Å²) in [5.41, 5.74) is 2.57. The van der Waals surface area contributed by atoms with Crippen LogP contribution in [0.25, 0.3) is 0 Å². The van der Waals surface area contributed by atoms with Gasteiger partial charge in [0.15, 0.2) is 0 Å². The maximum absolute atomic E-state index is 11.8. The second-order valence-corrected chi connectivity index (χ2v) is 4.51. The number of ether oxygens (including phenoxy) is 1. The Hall–Kier alpha value is -1.96. The van der Waals surface area contributed by atoms with E-state index in [-0.39, 0.29) is 36.9 Å². The van der Waals surface area contributed by atoms with E-state index >= 15 is 0 Å². The number of amides is 3. The summed E-state index contributed by atoms with van der Waals surface area (Å²) in [6, 6.07) is 0. The first-order chi connectivity index (χ1) is 9.06. The second kappa shape index (κ2) is 5.79. The molecule has 8 nitrogen and oxygen atoms in total. The lowest BCUT2D eigenvalue weighted by Crippen LogP contribution is -2.49. The normalized spacial score (nSPS) is 23.7. The Morgan fingerprint density at radius 1 is 1.53 bits per heavy atom. The molecule has 0 aromatic heterocycles. The lowest BCUT2D eigenvalue weighted by atomic mass is 10.1. The van der Waals surface area contributed by atoms with Crippen LogP contribution in [-0.2, 0) is 19.1 Å². The highest BCUT2D eigenvalue weighted by Crippen LogP contribution is 2.04. The molecule has 0 bridgehead atoms.